The van der Waals surface area contributed by atoms with Gasteiger partial charge in [-0.25, -0.2) is 0 Å². The van der Waals surface area contributed by atoms with Crippen molar-refractivity contribution in [1.29, 1.82) is 0 Å². The van der Waals surface area contributed by atoms with Crippen LogP contribution in [0.5, 0.6) is 0 Å². The van der Waals surface area contributed by atoms with Crippen LogP contribution in [-0.2, 0) is 19.2 Å². The molecule has 4 N–H and O–H groups in total. The van der Waals surface area contributed by atoms with Crippen LogP contribution in [0.15, 0.2) is 0 Å². The maximum Gasteiger partial charge on any atom is 0.321 e. The van der Waals surface area contributed by atoms with Gasteiger partial charge >= 0.3 is 23.9 Å². The highest BCUT2D eigenvalue weighted by atomic mass is 16.4. The second-order valence-electron chi connectivity index (χ2n) is 4.19. The Morgan fingerprint density at radius 1 is 0.684 bits per heavy atom. The van der Waals surface area contributed by atoms with Gasteiger partial charge in [0.25, 0.3) is 0 Å². The molecule has 0 fully saturated rings. The second kappa shape index (κ2) is 7.34. The zero-order valence-electron chi connectivity index (χ0n) is 10.2. The van der Waals surface area contributed by atoms with E-state index in [0.29, 0.717) is 0 Å². The number of aliphatic carboxylic acids is 4. The monoisotopic (exact) mass is 276 g/mol. The quantitative estimate of drug-likeness (QED) is 0.425. The molecule has 19 heavy (non-hydrogen) atoms. The van der Waals surface area contributed by atoms with Crippen LogP contribution < -0.4 is 0 Å². The zero-order chi connectivity index (χ0) is 15.1. The van der Waals surface area contributed by atoms with Crippen LogP contribution in [0.25, 0.3) is 0 Å². The highest BCUT2D eigenvalue weighted by Gasteiger charge is 2.45. The predicted molar refractivity (Wildman–Crippen MR) is 60.7 cm³/mol. The van der Waals surface area contributed by atoms with Gasteiger partial charge in [-0.3, -0.25) is 19.2 Å². The lowest BCUT2D eigenvalue weighted by atomic mass is 9.78. The molecule has 0 saturated heterocycles. The van der Waals surface area contributed by atoms with Gasteiger partial charge in [0.1, 0.15) is 0 Å². The Morgan fingerprint density at radius 3 is 1.21 bits per heavy atom. The molecule has 0 aromatic carbocycles. The molecule has 0 heterocycles. The van der Waals surface area contributed by atoms with Crippen molar-refractivity contribution in [1.82, 2.24) is 0 Å². The molecule has 8 heteroatoms. The van der Waals surface area contributed by atoms with E-state index in [-0.39, 0.29) is 38.5 Å². The molecule has 0 bridgehead atoms. The minimum Gasteiger partial charge on any atom is -0.481 e. The molecule has 108 valence electrons. The van der Waals surface area contributed by atoms with Gasteiger partial charge in [0.05, 0.1) is 0 Å². The van der Waals surface area contributed by atoms with Gasteiger partial charge in [-0.2, -0.15) is 0 Å². The van der Waals surface area contributed by atoms with Gasteiger partial charge < -0.3 is 20.4 Å². The summed E-state index contributed by atoms with van der Waals surface area (Å²) in [6.07, 6.45) is -1.54. The van der Waals surface area contributed by atoms with Crippen LogP contribution in [-0.4, -0.2) is 44.3 Å². The highest BCUT2D eigenvalue weighted by molar-refractivity contribution is 5.98. The smallest absolute Gasteiger partial charge is 0.321 e. The Bertz CT molecular complexity index is 337. The van der Waals surface area contributed by atoms with E-state index in [1.807, 2.05) is 0 Å². The first-order chi connectivity index (χ1) is 8.72. The van der Waals surface area contributed by atoms with E-state index < -0.39 is 29.3 Å². The van der Waals surface area contributed by atoms with Gasteiger partial charge in [0.2, 0.25) is 0 Å². The third-order valence-corrected chi connectivity index (χ3v) is 2.81. The second-order valence-corrected chi connectivity index (χ2v) is 4.19. The van der Waals surface area contributed by atoms with Crippen LogP contribution in [0.4, 0.5) is 0 Å². The van der Waals surface area contributed by atoms with Crippen molar-refractivity contribution in [3.8, 4) is 0 Å². The number of carboxylic acid groups (broad SMARTS) is 4. The van der Waals surface area contributed by atoms with E-state index in [0.717, 1.165) is 0 Å². The van der Waals surface area contributed by atoms with E-state index in [1.165, 1.54) is 0 Å². The minimum absolute atomic E-state index is 0.0962. The zero-order valence-corrected chi connectivity index (χ0v) is 10.2. The molecule has 0 amide bonds. The van der Waals surface area contributed by atoms with E-state index >= 15 is 0 Å². The summed E-state index contributed by atoms with van der Waals surface area (Å²) in [5, 5.41) is 35.0. The largest absolute Gasteiger partial charge is 0.481 e. The molecule has 0 spiro atoms. The van der Waals surface area contributed by atoms with Crippen molar-refractivity contribution in [3.05, 3.63) is 0 Å². The van der Waals surface area contributed by atoms with Gasteiger partial charge in [0, 0.05) is 12.8 Å². The molecule has 0 saturated carbocycles. The van der Waals surface area contributed by atoms with Crippen LogP contribution in [0.3, 0.4) is 0 Å². The summed E-state index contributed by atoms with van der Waals surface area (Å²) in [6, 6.07) is 0. The molecule has 0 unspecified atom stereocenters. The number of hydrogen-bond donors (Lipinski definition) is 4. The fourth-order valence-corrected chi connectivity index (χ4v) is 1.73. The maximum atomic E-state index is 11.1. The maximum absolute atomic E-state index is 11.1. The summed E-state index contributed by atoms with van der Waals surface area (Å²) in [6.45, 7) is 0. The molecule has 0 atom stereocenters. The number of carboxylic acids is 4. The van der Waals surface area contributed by atoms with Gasteiger partial charge in [-0.1, -0.05) is 0 Å². The first-order valence-electron chi connectivity index (χ1n) is 5.63. The summed E-state index contributed by atoms with van der Waals surface area (Å²) in [7, 11) is 0. The Labute approximate surface area is 108 Å². The van der Waals surface area contributed by atoms with Crippen molar-refractivity contribution >= 4 is 23.9 Å². The molecule has 0 radical (unpaired) electrons. The van der Waals surface area contributed by atoms with E-state index in [2.05, 4.69) is 0 Å². The van der Waals surface area contributed by atoms with E-state index in [9.17, 15) is 19.2 Å². The van der Waals surface area contributed by atoms with Crippen molar-refractivity contribution in [2.45, 2.75) is 38.5 Å². The van der Waals surface area contributed by atoms with E-state index in [1.54, 1.807) is 0 Å². The van der Waals surface area contributed by atoms with Crippen molar-refractivity contribution in [2.75, 3.05) is 0 Å². The first-order valence-corrected chi connectivity index (χ1v) is 5.63. The Morgan fingerprint density at radius 2 is 1.00 bits per heavy atom. The summed E-state index contributed by atoms with van der Waals surface area (Å²) in [5.41, 5.74) is -2.12. The molecule has 8 nitrogen and oxygen atoms in total. The van der Waals surface area contributed by atoms with Crippen molar-refractivity contribution < 1.29 is 39.6 Å². The average molecular weight is 276 g/mol. The lowest BCUT2D eigenvalue weighted by Crippen LogP contribution is -2.39. The summed E-state index contributed by atoms with van der Waals surface area (Å²) in [5.74, 6) is -5.43. The number of carbonyl (C=O) groups is 4. The van der Waals surface area contributed by atoms with Crippen molar-refractivity contribution in [3.63, 3.8) is 0 Å². The SMILES string of the molecule is O=C(O)CCCC(CCCC(=O)O)(C(=O)O)C(=O)O. The lowest BCUT2D eigenvalue weighted by Gasteiger charge is -2.24. The lowest BCUT2D eigenvalue weighted by molar-refractivity contribution is -0.167. The predicted octanol–water partition coefficient (Wildman–Crippen LogP) is 0.652. The third kappa shape index (κ3) is 5.36. The van der Waals surface area contributed by atoms with Crippen LogP contribution in [0.2, 0.25) is 0 Å². The van der Waals surface area contributed by atoms with Crippen LogP contribution in [0.1, 0.15) is 38.5 Å². The summed E-state index contributed by atoms with van der Waals surface area (Å²) in [4.78, 5) is 43.0. The molecule has 0 rings (SSSR count). The fourth-order valence-electron chi connectivity index (χ4n) is 1.73. The molecular weight excluding hydrogens is 260 g/mol. The molecule has 0 aromatic heterocycles. The van der Waals surface area contributed by atoms with Crippen molar-refractivity contribution in [2.24, 2.45) is 5.41 Å². The summed E-state index contributed by atoms with van der Waals surface area (Å²) < 4.78 is 0. The van der Waals surface area contributed by atoms with Crippen LogP contribution >= 0.6 is 0 Å². The van der Waals surface area contributed by atoms with Crippen LogP contribution in [0, 0.1) is 5.41 Å². The van der Waals surface area contributed by atoms with E-state index in [4.69, 9.17) is 20.4 Å². The Kier molecular flexibility index (Phi) is 6.53. The normalized spacial score (nSPS) is 10.9. The number of rotatable bonds is 10. The average Bonchev–Trinajstić information content (AvgIpc) is 2.25. The van der Waals surface area contributed by atoms with Gasteiger partial charge in [0.15, 0.2) is 5.41 Å². The molecule has 0 aliphatic rings. The van der Waals surface area contributed by atoms with Gasteiger partial charge in [-0.15, -0.1) is 0 Å². The highest BCUT2D eigenvalue weighted by Crippen LogP contribution is 2.32. The molecule has 0 aliphatic heterocycles. The fraction of sp³-hybridized carbons (Fsp3) is 0.636. The standard InChI is InChI=1S/C11H16O8/c12-7(13)3-1-5-11(9(16)17,10(18)19)6-2-4-8(14)15/h1-6H2,(H,12,13)(H,14,15)(H,16,17)(H,18,19). The third-order valence-electron chi connectivity index (χ3n) is 2.81. The molecule has 0 aliphatic carbocycles. The topological polar surface area (TPSA) is 149 Å². The summed E-state index contributed by atoms with van der Waals surface area (Å²) >= 11 is 0. The minimum atomic E-state index is -2.12. The Balaban J connectivity index is 4.78. The Hall–Kier alpha value is -2.12. The first kappa shape index (κ1) is 16.9. The van der Waals surface area contributed by atoms with Gasteiger partial charge in [-0.05, 0) is 25.7 Å². The molecule has 0 aromatic rings. The molecular formula is C11H16O8. The number of hydrogen-bond acceptors (Lipinski definition) is 4.